The summed E-state index contributed by atoms with van der Waals surface area (Å²) in [6, 6.07) is 17.0. The molecular weight excluding hydrogens is 460 g/mol. The van der Waals surface area contributed by atoms with Gasteiger partial charge in [-0.05, 0) is 61.9 Å². The van der Waals surface area contributed by atoms with E-state index in [-0.39, 0.29) is 0 Å². The molecule has 1 saturated heterocycles. The Kier molecular flexibility index (Phi) is 6.90. The van der Waals surface area contributed by atoms with E-state index in [1.165, 1.54) is 44.1 Å². The molecule has 4 aromatic rings. The number of nitrogen functional groups attached to an aromatic ring is 1. The molecular formula is C29H36N8. The maximum atomic E-state index is 6.17. The van der Waals surface area contributed by atoms with Crippen LogP contribution in [0.2, 0.25) is 0 Å². The largest absolute Gasteiger partial charge is 0.398 e. The lowest BCUT2D eigenvalue weighted by molar-refractivity contribution is 0.389. The van der Waals surface area contributed by atoms with Gasteiger partial charge in [0.1, 0.15) is 0 Å². The second-order valence-corrected chi connectivity index (χ2v) is 10.4. The van der Waals surface area contributed by atoms with E-state index < -0.39 is 0 Å². The second kappa shape index (κ2) is 10.8. The number of nitrogens with zero attached hydrogens (tertiary/aromatic N) is 4. The summed E-state index contributed by atoms with van der Waals surface area (Å²) in [6.45, 7) is 3.72. The normalized spacial score (nSPS) is 16.9. The van der Waals surface area contributed by atoms with Crippen LogP contribution < -0.4 is 21.7 Å². The van der Waals surface area contributed by atoms with Crippen molar-refractivity contribution in [1.82, 2.24) is 24.8 Å². The summed E-state index contributed by atoms with van der Waals surface area (Å²) < 4.78 is 2.27. The first kappa shape index (κ1) is 23.7. The summed E-state index contributed by atoms with van der Waals surface area (Å²) in [7, 11) is 0. The second-order valence-electron chi connectivity index (χ2n) is 10.4. The summed E-state index contributed by atoms with van der Waals surface area (Å²) in [4.78, 5) is 14.6. The summed E-state index contributed by atoms with van der Waals surface area (Å²) in [6.07, 6.45) is 9.24. The Hall–Kier alpha value is -3.65. The maximum Gasteiger partial charge on any atom is 0.226 e. The number of fused-ring (bicyclic) bond motifs is 1. The first-order chi connectivity index (χ1) is 18.2. The van der Waals surface area contributed by atoms with Crippen LogP contribution in [-0.2, 0) is 6.54 Å². The fourth-order valence-corrected chi connectivity index (χ4v) is 5.64. The zero-order valence-corrected chi connectivity index (χ0v) is 21.3. The predicted molar refractivity (Wildman–Crippen MR) is 151 cm³/mol. The molecule has 3 heterocycles. The van der Waals surface area contributed by atoms with Crippen LogP contribution in [0.5, 0.6) is 0 Å². The number of anilines is 3. The van der Waals surface area contributed by atoms with Crippen molar-refractivity contribution in [2.45, 2.75) is 51.1 Å². The van der Waals surface area contributed by atoms with Crippen molar-refractivity contribution in [3.05, 3.63) is 60.4 Å². The third kappa shape index (κ3) is 5.25. The number of benzene rings is 2. The van der Waals surface area contributed by atoms with E-state index in [1.807, 2.05) is 24.5 Å². The average molecular weight is 497 g/mol. The smallest absolute Gasteiger partial charge is 0.226 e. The molecule has 1 aliphatic carbocycles. The molecule has 5 N–H and O–H groups in total. The third-order valence-corrected chi connectivity index (χ3v) is 7.83. The highest BCUT2D eigenvalue weighted by atomic mass is 15.2. The molecule has 0 amide bonds. The maximum absolute atomic E-state index is 6.17. The molecule has 6 rings (SSSR count). The molecule has 8 nitrogen and oxygen atoms in total. The number of piperidine rings is 1. The van der Waals surface area contributed by atoms with Crippen molar-refractivity contribution in [3.8, 4) is 11.1 Å². The molecule has 2 aromatic heterocycles. The van der Waals surface area contributed by atoms with E-state index in [0.29, 0.717) is 24.5 Å². The number of nitrogens with two attached hydrogens (primary N) is 1. The molecule has 0 atom stereocenters. The van der Waals surface area contributed by atoms with E-state index in [4.69, 9.17) is 20.7 Å². The van der Waals surface area contributed by atoms with E-state index in [2.05, 4.69) is 50.8 Å². The summed E-state index contributed by atoms with van der Waals surface area (Å²) in [5, 5.41) is 10.5. The molecule has 0 radical (unpaired) electrons. The number of para-hydroxylation sites is 1. The van der Waals surface area contributed by atoms with Crippen LogP contribution in [0.1, 0.15) is 50.1 Å². The highest BCUT2D eigenvalue weighted by Crippen LogP contribution is 2.33. The molecule has 0 bridgehead atoms. The summed E-state index contributed by atoms with van der Waals surface area (Å²) in [5.41, 5.74) is 12.1. The van der Waals surface area contributed by atoms with Crippen molar-refractivity contribution in [1.29, 1.82) is 0 Å². The van der Waals surface area contributed by atoms with Gasteiger partial charge in [0, 0.05) is 30.4 Å². The minimum Gasteiger partial charge on any atom is -0.398 e. The van der Waals surface area contributed by atoms with Gasteiger partial charge in [-0.2, -0.15) is 9.97 Å². The van der Waals surface area contributed by atoms with Gasteiger partial charge in [-0.3, -0.25) is 0 Å². The Morgan fingerprint density at radius 2 is 1.70 bits per heavy atom. The Morgan fingerprint density at radius 1 is 0.919 bits per heavy atom. The van der Waals surface area contributed by atoms with Crippen molar-refractivity contribution in [3.63, 3.8) is 0 Å². The topological polar surface area (TPSA) is 106 Å². The molecule has 1 saturated carbocycles. The minimum atomic E-state index is 0.475. The average Bonchev–Trinajstić information content (AvgIpc) is 3.62. The van der Waals surface area contributed by atoms with Gasteiger partial charge in [0.05, 0.1) is 6.33 Å². The van der Waals surface area contributed by atoms with Gasteiger partial charge >= 0.3 is 0 Å². The Balaban J connectivity index is 1.23. The Morgan fingerprint density at radius 3 is 2.49 bits per heavy atom. The van der Waals surface area contributed by atoms with Crippen LogP contribution in [0, 0.1) is 5.92 Å². The van der Waals surface area contributed by atoms with Crippen molar-refractivity contribution in [2.75, 3.05) is 36.0 Å². The molecule has 8 heteroatoms. The summed E-state index contributed by atoms with van der Waals surface area (Å²) >= 11 is 0. The van der Waals surface area contributed by atoms with Gasteiger partial charge in [0.2, 0.25) is 5.95 Å². The minimum absolute atomic E-state index is 0.475. The first-order valence-corrected chi connectivity index (χ1v) is 13.6. The zero-order chi connectivity index (χ0) is 25.0. The molecule has 37 heavy (non-hydrogen) atoms. The number of hydrogen-bond donors (Lipinski definition) is 4. The van der Waals surface area contributed by atoms with Gasteiger partial charge < -0.3 is 26.3 Å². The number of rotatable bonds is 8. The van der Waals surface area contributed by atoms with Crippen LogP contribution in [0.15, 0.2) is 54.9 Å². The Bertz CT molecular complexity index is 1330. The number of nitrogens with one attached hydrogen (secondary N) is 3. The fraction of sp³-hybridized carbons (Fsp3) is 0.414. The van der Waals surface area contributed by atoms with Gasteiger partial charge in [0.25, 0.3) is 0 Å². The number of imidazole rings is 1. The van der Waals surface area contributed by atoms with E-state index in [0.717, 1.165) is 53.4 Å². The third-order valence-electron chi connectivity index (χ3n) is 7.83. The van der Waals surface area contributed by atoms with E-state index >= 15 is 0 Å². The van der Waals surface area contributed by atoms with Crippen LogP contribution >= 0.6 is 0 Å². The monoisotopic (exact) mass is 496 g/mol. The van der Waals surface area contributed by atoms with Crippen molar-refractivity contribution < 1.29 is 0 Å². The van der Waals surface area contributed by atoms with Crippen LogP contribution in [0.3, 0.4) is 0 Å². The van der Waals surface area contributed by atoms with Crippen molar-refractivity contribution >= 4 is 28.6 Å². The predicted octanol–water partition coefficient (Wildman–Crippen LogP) is 5.21. The molecule has 0 spiro atoms. The Labute approximate surface area is 218 Å². The zero-order valence-electron chi connectivity index (χ0n) is 21.3. The van der Waals surface area contributed by atoms with E-state index in [1.54, 1.807) is 0 Å². The molecule has 1 aliphatic heterocycles. The molecule has 0 unspecified atom stereocenters. The molecule has 2 aliphatic rings. The molecule has 2 fully saturated rings. The van der Waals surface area contributed by atoms with Gasteiger partial charge in [-0.15, -0.1) is 0 Å². The first-order valence-electron chi connectivity index (χ1n) is 13.6. The lowest BCUT2D eigenvalue weighted by Gasteiger charge is -2.23. The molecule has 192 valence electrons. The van der Waals surface area contributed by atoms with Crippen LogP contribution in [0.25, 0.3) is 22.3 Å². The number of aromatic nitrogens is 4. The highest BCUT2D eigenvalue weighted by Gasteiger charge is 2.22. The lowest BCUT2D eigenvalue weighted by Crippen LogP contribution is -2.31. The number of hydrogen-bond acceptors (Lipinski definition) is 7. The lowest BCUT2D eigenvalue weighted by atomic mass is 9.98. The van der Waals surface area contributed by atoms with Gasteiger partial charge in [-0.1, -0.05) is 55.3 Å². The van der Waals surface area contributed by atoms with Gasteiger partial charge in [0.15, 0.2) is 17.0 Å². The SMILES string of the molecule is Nc1ccccc1-c1ccc(CNc2nc(NCC3CCNCC3)nc3c2ncn3C2CCCC2)cc1. The quantitative estimate of drug-likeness (QED) is 0.248. The summed E-state index contributed by atoms with van der Waals surface area (Å²) in [5.74, 6) is 2.11. The van der Waals surface area contributed by atoms with E-state index in [9.17, 15) is 0 Å². The standard InChI is InChI=1S/C29H36N8/c30-25-8-4-3-7-24(25)22-11-9-20(10-12-22)17-32-27-26-28(37(19-34-26)23-5-1-2-6-23)36-29(35-27)33-18-21-13-15-31-16-14-21/h3-4,7-12,19,21,23,31H,1-2,5-6,13-18,30H2,(H2,32,33,35,36). The molecule has 2 aromatic carbocycles. The van der Waals surface area contributed by atoms with Crippen LogP contribution in [0.4, 0.5) is 17.5 Å². The van der Waals surface area contributed by atoms with Crippen LogP contribution in [-0.4, -0.2) is 39.2 Å². The van der Waals surface area contributed by atoms with Crippen molar-refractivity contribution in [2.24, 2.45) is 5.92 Å². The highest BCUT2D eigenvalue weighted by molar-refractivity contribution is 5.84. The van der Waals surface area contributed by atoms with Gasteiger partial charge in [-0.25, -0.2) is 4.98 Å². The fourth-order valence-electron chi connectivity index (χ4n) is 5.64.